The van der Waals surface area contributed by atoms with Crippen LogP contribution in [0, 0.1) is 17.8 Å². The molecule has 2 amide bonds. The summed E-state index contributed by atoms with van der Waals surface area (Å²) in [4.78, 5) is 36.7. The summed E-state index contributed by atoms with van der Waals surface area (Å²) in [5.41, 5.74) is 4.63. The van der Waals surface area contributed by atoms with Gasteiger partial charge in [0.25, 0.3) is 0 Å². The summed E-state index contributed by atoms with van der Waals surface area (Å²) in [6, 6.07) is 16.2. The second-order valence-corrected chi connectivity index (χ2v) is 10.1. The van der Waals surface area contributed by atoms with Crippen LogP contribution in [0.15, 0.2) is 48.5 Å². The van der Waals surface area contributed by atoms with Crippen molar-refractivity contribution < 1.29 is 24.2 Å². The number of rotatable bonds is 9. The van der Waals surface area contributed by atoms with Gasteiger partial charge in [0.05, 0.1) is 11.8 Å². The van der Waals surface area contributed by atoms with Crippen LogP contribution in [-0.2, 0) is 14.3 Å². The molecule has 35 heavy (non-hydrogen) atoms. The Labute approximate surface area is 206 Å². The number of carboxylic acid groups (broad SMARTS) is 1. The molecule has 2 aromatic carbocycles. The van der Waals surface area contributed by atoms with E-state index in [9.17, 15) is 19.5 Å². The van der Waals surface area contributed by atoms with Crippen molar-refractivity contribution in [1.82, 2.24) is 10.6 Å². The van der Waals surface area contributed by atoms with Crippen LogP contribution in [0.1, 0.15) is 56.6 Å². The maximum Gasteiger partial charge on any atom is 0.407 e. The van der Waals surface area contributed by atoms with Gasteiger partial charge >= 0.3 is 12.1 Å². The van der Waals surface area contributed by atoms with Crippen LogP contribution >= 0.6 is 0 Å². The molecule has 1 saturated carbocycles. The molecule has 0 radical (unpaired) electrons. The Morgan fingerprint density at radius 2 is 1.63 bits per heavy atom. The van der Waals surface area contributed by atoms with Gasteiger partial charge in [-0.05, 0) is 53.9 Å². The zero-order valence-corrected chi connectivity index (χ0v) is 20.3. The monoisotopic (exact) mass is 478 g/mol. The van der Waals surface area contributed by atoms with Crippen molar-refractivity contribution in [3.05, 3.63) is 59.7 Å². The molecule has 0 heterocycles. The standard InChI is InChI=1S/C28H34N2O5/c1-17(2)13-19(26(31)30-20-12-11-18(14-20)27(32)33)15-29-28(34)35-16-25-23-9-5-3-7-21(23)22-8-4-6-10-24(22)25/h3-10,17-20,25H,11-16H2,1-2H3,(H,29,34)(H,30,31)(H,32,33)/t18-,19?,20+/m0/s1. The fourth-order valence-electron chi connectivity index (χ4n) is 5.36. The van der Waals surface area contributed by atoms with Gasteiger partial charge in [0.15, 0.2) is 0 Å². The molecule has 0 bridgehead atoms. The van der Waals surface area contributed by atoms with E-state index >= 15 is 0 Å². The predicted octanol–water partition coefficient (Wildman–Crippen LogP) is 4.56. The van der Waals surface area contributed by atoms with Gasteiger partial charge in [-0.1, -0.05) is 62.4 Å². The lowest BCUT2D eigenvalue weighted by Gasteiger charge is -2.22. The Morgan fingerprint density at radius 1 is 1.00 bits per heavy atom. The maximum absolute atomic E-state index is 12.9. The minimum atomic E-state index is -0.808. The molecule has 0 aliphatic heterocycles. The van der Waals surface area contributed by atoms with E-state index in [1.165, 1.54) is 11.1 Å². The molecule has 186 valence electrons. The molecule has 4 rings (SSSR count). The number of hydrogen-bond donors (Lipinski definition) is 3. The van der Waals surface area contributed by atoms with Gasteiger partial charge < -0.3 is 20.5 Å². The number of benzene rings is 2. The zero-order chi connectivity index (χ0) is 24.9. The molecular weight excluding hydrogens is 444 g/mol. The molecule has 3 atom stereocenters. The number of carbonyl (C=O) groups is 3. The third kappa shape index (κ3) is 5.84. The fraction of sp³-hybridized carbons (Fsp3) is 0.464. The van der Waals surface area contributed by atoms with E-state index in [1.807, 2.05) is 38.1 Å². The molecule has 0 spiro atoms. The van der Waals surface area contributed by atoms with Crippen molar-refractivity contribution in [3.8, 4) is 11.1 Å². The Balaban J connectivity index is 1.31. The lowest BCUT2D eigenvalue weighted by Crippen LogP contribution is -2.43. The highest BCUT2D eigenvalue weighted by atomic mass is 16.5. The van der Waals surface area contributed by atoms with E-state index in [1.54, 1.807) is 0 Å². The van der Waals surface area contributed by atoms with Crippen LogP contribution in [0.25, 0.3) is 11.1 Å². The van der Waals surface area contributed by atoms with Crippen molar-refractivity contribution in [2.75, 3.05) is 13.2 Å². The number of fused-ring (bicyclic) bond motifs is 3. The first-order valence-electron chi connectivity index (χ1n) is 12.5. The van der Waals surface area contributed by atoms with E-state index in [4.69, 9.17) is 4.74 Å². The molecule has 1 fully saturated rings. The van der Waals surface area contributed by atoms with Gasteiger partial charge in [-0.2, -0.15) is 0 Å². The summed E-state index contributed by atoms with van der Waals surface area (Å²) < 4.78 is 5.60. The lowest BCUT2D eigenvalue weighted by molar-refractivity contribution is -0.141. The van der Waals surface area contributed by atoms with E-state index in [0.717, 1.165) is 11.1 Å². The fourth-order valence-corrected chi connectivity index (χ4v) is 5.36. The van der Waals surface area contributed by atoms with Crippen LogP contribution < -0.4 is 10.6 Å². The van der Waals surface area contributed by atoms with Crippen molar-refractivity contribution >= 4 is 18.0 Å². The van der Waals surface area contributed by atoms with E-state index in [-0.39, 0.29) is 36.9 Å². The average Bonchev–Trinajstić information content (AvgIpc) is 3.43. The molecule has 7 nitrogen and oxygen atoms in total. The Kier molecular flexibility index (Phi) is 7.73. The molecule has 7 heteroatoms. The van der Waals surface area contributed by atoms with Crippen LogP contribution in [0.2, 0.25) is 0 Å². The van der Waals surface area contributed by atoms with Gasteiger partial charge in [0, 0.05) is 18.5 Å². The van der Waals surface area contributed by atoms with E-state index in [0.29, 0.717) is 25.7 Å². The number of aliphatic carboxylic acids is 1. The first-order chi connectivity index (χ1) is 16.8. The number of carboxylic acids is 1. The molecule has 3 N–H and O–H groups in total. The third-order valence-corrected chi connectivity index (χ3v) is 7.09. The minimum absolute atomic E-state index is 0.0209. The highest BCUT2D eigenvalue weighted by Crippen LogP contribution is 2.44. The first kappa shape index (κ1) is 24.8. The zero-order valence-electron chi connectivity index (χ0n) is 20.3. The summed E-state index contributed by atoms with van der Waals surface area (Å²) in [6.07, 6.45) is 1.77. The van der Waals surface area contributed by atoms with Gasteiger partial charge in [-0.25, -0.2) is 4.79 Å². The van der Waals surface area contributed by atoms with Crippen LogP contribution in [0.3, 0.4) is 0 Å². The largest absolute Gasteiger partial charge is 0.481 e. The second-order valence-electron chi connectivity index (χ2n) is 10.1. The first-order valence-corrected chi connectivity index (χ1v) is 12.5. The maximum atomic E-state index is 12.9. The number of amides is 2. The van der Waals surface area contributed by atoms with Crippen LogP contribution in [-0.4, -0.2) is 42.3 Å². The third-order valence-electron chi connectivity index (χ3n) is 7.09. The molecule has 2 aromatic rings. The molecular formula is C28H34N2O5. The quantitative estimate of drug-likeness (QED) is 0.490. The van der Waals surface area contributed by atoms with Gasteiger partial charge in [0.2, 0.25) is 5.91 Å². The van der Waals surface area contributed by atoms with Crippen LogP contribution in [0.5, 0.6) is 0 Å². The topological polar surface area (TPSA) is 105 Å². The van der Waals surface area contributed by atoms with Gasteiger partial charge in [0.1, 0.15) is 6.61 Å². The van der Waals surface area contributed by atoms with E-state index < -0.39 is 23.9 Å². The van der Waals surface area contributed by atoms with Crippen molar-refractivity contribution in [3.63, 3.8) is 0 Å². The SMILES string of the molecule is CC(C)CC(CNC(=O)OCC1c2ccccc2-c2ccccc21)C(=O)N[C@@H]1CC[C@H](C(=O)O)C1. The van der Waals surface area contributed by atoms with Crippen molar-refractivity contribution in [2.24, 2.45) is 17.8 Å². The predicted molar refractivity (Wildman–Crippen MR) is 133 cm³/mol. The molecule has 1 unspecified atom stereocenters. The number of ether oxygens (including phenoxy) is 1. The van der Waals surface area contributed by atoms with Gasteiger partial charge in [-0.15, -0.1) is 0 Å². The molecule has 2 aliphatic carbocycles. The normalized spacial score (nSPS) is 19.6. The number of hydrogen-bond acceptors (Lipinski definition) is 4. The summed E-state index contributed by atoms with van der Waals surface area (Å²) in [5.74, 6) is -1.51. The van der Waals surface area contributed by atoms with E-state index in [2.05, 4.69) is 34.9 Å². The molecule has 0 saturated heterocycles. The Hall–Kier alpha value is -3.35. The van der Waals surface area contributed by atoms with Crippen molar-refractivity contribution in [2.45, 2.75) is 51.5 Å². The highest BCUT2D eigenvalue weighted by Gasteiger charge is 2.33. The lowest BCUT2D eigenvalue weighted by atomic mass is 9.95. The number of nitrogens with one attached hydrogen (secondary N) is 2. The molecule has 2 aliphatic rings. The van der Waals surface area contributed by atoms with Crippen molar-refractivity contribution in [1.29, 1.82) is 0 Å². The highest BCUT2D eigenvalue weighted by molar-refractivity contribution is 5.81. The second kappa shape index (κ2) is 10.9. The number of carbonyl (C=O) groups excluding carboxylic acids is 2. The summed E-state index contributed by atoms with van der Waals surface area (Å²) >= 11 is 0. The summed E-state index contributed by atoms with van der Waals surface area (Å²) in [6.45, 7) is 4.46. The smallest absolute Gasteiger partial charge is 0.407 e. The Bertz CT molecular complexity index is 1040. The number of alkyl carbamates (subject to hydrolysis) is 1. The summed E-state index contributed by atoms with van der Waals surface area (Å²) in [5, 5.41) is 15.0. The molecule has 0 aromatic heterocycles. The summed E-state index contributed by atoms with van der Waals surface area (Å²) in [7, 11) is 0. The minimum Gasteiger partial charge on any atom is -0.481 e. The average molecular weight is 479 g/mol. The Morgan fingerprint density at radius 3 is 2.20 bits per heavy atom. The van der Waals surface area contributed by atoms with Crippen LogP contribution in [0.4, 0.5) is 4.79 Å². The van der Waals surface area contributed by atoms with Gasteiger partial charge in [-0.3, -0.25) is 9.59 Å².